The molecule has 0 fully saturated rings. The molecule has 0 aliphatic rings. The van der Waals surface area contributed by atoms with Crippen molar-refractivity contribution in [2.75, 3.05) is 11.2 Å². The summed E-state index contributed by atoms with van der Waals surface area (Å²) in [5.74, 6) is 0.580. The predicted octanol–water partition coefficient (Wildman–Crippen LogP) is 1.55. The molecule has 2 aromatic heterocycles. The first-order valence-corrected chi connectivity index (χ1v) is 7.77. The summed E-state index contributed by atoms with van der Waals surface area (Å²) in [6, 6.07) is 11.4. The van der Waals surface area contributed by atoms with E-state index in [0.717, 1.165) is 17.0 Å². The van der Waals surface area contributed by atoms with Gasteiger partial charge >= 0.3 is 0 Å². The Morgan fingerprint density at radius 2 is 1.96 bits per heavy atom. The Bertz CT molecular complexity index is 889. The van der Waals surface area contributed by atoms with Crippen LogP contribution < -0.4 is 16.6 Å². The quantitative estimate of drug-likeness (QED) is 0.609. The van der Waals surface area contributed by atoms with Crippen LogP contribution in [0.3, 0.4) is 0 Å². The Kier molecular flexibility index (Phi) is 4.60. The molecular weight excluding hydrogens is 318 g/mol. The van der Waals surface area contributed by atoms with Gasteiger partial charge in [-0.3, -0.25) is 15.6 Å². The summed E-state index contributed by atoms with van der Waals surface area (Å²) in [4.78, 5) is 20.3. The van der Waals surface area contributed by atoms with Crippen LogP contribution in [0.15, 0.2) is 42.7 Å². The number of hydrazine groups is 1. The minimum Gasteiger partial charge on any atom is -0.393 e. The van der Waals surface area contributed by atoms with Gasteiger partial charge in [-0.15, -0.1) is 0 Å². The minimum absolute atomic E-state index is 0.197. The van der Waals surface area contributed by atoms with E-state index in [1.165, 1.54) is 6.33 Å². The van der Waals surface area contributed by atoms with E-state index >= 15 is 0 Å². The van der Waals surface area contributed by atoms with Crippen molar-refractivity contribution in [2.45, 2.75) is 20.3 Å². The zero-order valence-corrected chi connectivity index (χ0v) is 14.0. The highest BCUT2D eigenvalue weighted by molar-refractivity contribution is 5.81. The van der Waals surface area contributed by atoms with Gasteiger partial charge in [0.05, 0.1) is 12.1 Å². The Labute approximate surface area is 145 Å². The molecule has 4 N–H and O–H groups in total. The van der Waals surface area contributed by atoms with E-state index in [1.807, 2.05) is 50.2 Å². The summed E-state index contributed by atoms with van der Waals surface area (Å²) < 4.78 is 1.64. The third kappa shape index (κ3) is 3.74. The van der Waals surface area contributed by atoms with Crippen molar-refractivity contribution in [3.8, 4) is 5.82 Å². The molecule has 0 spiro atoms. The molecule has 0 bridgehead atoms. The van der Waals surface area contributed by atoms with Crippen LogP contribution in [0.5, 0.6) is 0 Å². The summed E-state index contributed by atoms with van der Waals surface area (Å²) in [5.41, 5.74) is 14.5. The van der Waals surface area contributed by atoms with E-state index in [-0.39, 0.29) is 12.3 Å². The van der Waals surface area contributed by atoms with Crippen LogP contribution in [0.1, 0.15) is 17.0 Å². The van der Waals surface area contributed by atoms with E-state index in [1.54, 1.807) is 4.68 Å². The number of benzene rings is 1. The van der Waals surface area contributed by atoms with Gasteiger partial charge in [0.25, 0.3) is 0 Å². The molecule has 0 aliphatic heterocycles. The average Bonchev–Trinajstić information content (AvgIpc) is 2.93. The van der Waals surface area contributed by atoms with Gasteiger partial charge in [-0.05, 0) is 25.5 Å². The number of aromatic nitrogens is 4. The summed E-state index contributed by atoms with van der Waals surface area (Å²) in [6.45, 7) is 3.81. The Hall–Kier alpha value is -3.42. The number of hydrogen-bond donors (Lipinski definition) is 3. The molecule has 8 nitrogen and oxygen atoms in total. The van der Waals surface area contributed by atoms with Crippen LogP contribution in [0.2, 0.25) is 0 Å². The third-order valence-electron chi connectivity index (χ3n) is 3.60. The van der Waals surface area contributed by atoms with Crippen molar-refractivity contribution in [1.82, 2.24) is 25.2 Å². The molecule has 1 amide bonds. The zero-order valence-electron chi connectivity index (χ0n) is 14.0. The first kappa shape index (κ1) is 16.4. The maximum Gasteiger partial charge on any atom is 0.242 e. The molecule has 0 aliphatic carbocycles. The topological polar surface area (TPSA) is 111 Å². The molecular formula is C17H19N7O. The van der Waals surface area contributed by atoms with Gasteiger partial charge in [0.15, 0.2) is 11.6 Å². The molecule has 128 valence electrons. The van der Waals surface area contributed by atoms with Gasteiger partial charge in [0.1, 0.15) is 12.0 Å². The molecule has 0 unspecified atom stereocenters. The number of carbonyl (C=O) groups is 1. The molecule has 3 rings (SSSR count). The Morgan fingerprint density at radius 1 is 1.20 bits per heavy atom. The molecule has 1 aromatic carbocycles. The lowest BCUT2D eigenvalue weighted by Gasteiger charge is -2.12. The Morgan fingerprint density at radius 3 is 2.64 bits per heavy atom. The van der Waals surface area contributed by atoms with Crippen LogP contribution in [-0.4, -0.2) is 25.7 Å². The number of anilines is 2. The fourth-order valence-electron chi connectivity index (χ4n) is 2.45. The van der Waals surface area contributed by atoms with Crippen molar-refractivity contribution in [3.05, 3.63) is 59.7 Å². The number of amides is 1. The maximum absolute atomic E-state index is 12.0. The number of hydrogen-bond acceptors (Lipinski definition) is 6. The van der Waals surface area contributed by atoms with Crippen molar-refractivity contribution < 1.29 is 4.79 Å². The van der Waals surface area contributed by atoms with Gasteiger partial charge in [0, 0.05) is 5.69 Å². The summed E-state index contributed by atoms with van der Waals surface area (Å²) in [5, 5.41) is 4.36. The van der Waals surface area contributed by atoms with Gasteiger partial charge in [-0.25, -0.2) is 14.6 Å². The molecule has 0 atom stereocenters. The second-order valence-electron chi connectivity index (χ2n) is 5.63. The van der Waals surface area contributed by atoms with Gasteiger partial charge in [-0.1, -0.05) is 30.3 Å². The monoisotopic (exact) mass is 337 g/mol. The SMILES string of the molecule is Cc1cc(C)n(-c2ncnc(NNC(=O)Cc3ccccc3)c2N)n1. The summed E-state index contributed by atoms with van der Waals surface area (Å²) in [7, 11) is 0. The molecule has 0 radical (unpaired) electrons. The number of nitrogens with one attached hydrogen (secondary N) is 2. The predicted molar refractivity (Wildman–Crippen MR) is 95.0 cm³/mol. The van der Waals surface area contributed by atoms with Gasteiger partial charge in [0.2, 0.25) is 5.91 Å². The molecule has 3 aromatic rings. The average molecular weight is 337 g/mol. The van der Waals surface area contributed by atoms with E-state index in [4.69, 9.17) is 5.73 Å². The molecule has 25 heavy (non-hydrogen) atoms. The highest BCUT2D eigenvalue weighted by Crippen LogP contribution is 2.22. The second kappa shape index (κ2) is 7.00. The fraction of sp³-hybridized carbons (Fsp3) is 0.176. The van der Waals surface area contributed by atoms with Crippen LogP contribution in [0.4, 0.5) is 11.5 Å². The van der Waals surface area contributed by atoms with Crippen LogP contribution >= 0.6 is 0 Å². The van der Waals surface area contributed by atoms with E-state index in [9.17, 15) is 4.79 Å². The third-order valence-corrected chi connectivity index (χ3v) is 3.60. The van der Waals surface area contributed by atoms with Crippen LogP contribution in [0, 0.1) is 13.8 Å². The number of nitrogen functional groups attached to an aromatic ring is 1. The lowest BCUT2D eigenvalue weighted by Crippen LogP contribution is -2.31. The highest BCUT2D eigenvalue weighted by Gasteiger charge is 2.13. The Balaban J connectivity index is 1.72. The second-order valence-corrected chi connectivity index (χ2v) is 5.63. The van der Waals surface area contributed by atoms with E-state index < -0.39 is 0 Å². The zero-order chi connectivity index (χ0) is 17.8. The summed E-state index contributed by atoms with van der Waals surface area (Å²) >= 11 is 0. The van der Waals surface area contributed by atoms with Crippen molar-refractivity contribution in [3.63, 3.8) is 0 Å². The normalized spacial score (nSPS) is 10.5. The smallest absolute Gasteiger partial charge is 0.242 e. The molecule has 8 heteroatoms. The van der Waals surface area contributed by atoms with E-state index in [0.29, 0.717) is 17.3 Å². The van der Waals surface area contributed by atoms with Crippen molar-refractivity contribution >= 4 is 17.4 Å². The molecule has 0 saturated heterocycles. The number of nitrogens with two attached hydrogens (primary N) is 1. The number of rotatable bonds is 5. The largest absolute Gasteiger partial charge is 0.393 e. The lowest BCUT2D eigenvalue weighted by atomic mass is 10.1. The minimum atomic E-state index is -0.197. The van der Waals surface area contributed by atoms with E-state index in [2.05, 4.69) is 25.9 Å². The lowest BCUT2D eigenvalue weighted by molar-refractivity contribution is -0.119. The van der Waals surface area contributed by atoms with Crippen LogP contribution in [-0.2, 0) is 11.2 Å². The standard InChI is InChI=1S/C17H19N7O/c1-11-8-12(2)24(23-11)17-15(18)16(19-10-20-17)22-21-14(25)9-13-6-4-3-5-7-13/h3-8,10H,9,18H2,1-2H3,(H,21,25)(H,19,20,22). The fourth-order valence-corrected chi connectivity index (χ4v) is 2.45. The summed E-state index contributed by atoms with van der Waals surface area (Å²) in [6.07, 6.45) is 1.62. The number of aryl methyl sites for hydroxylation is 2. The van der Waals surface area contributed by atoms with Crippen molar-refractivity contribution in [2.24, 2.45) is 0 Å². The van der Waals surface area contributed by atoms with Crippen molar-refractivity contribution in [1.29, 1.82) is 0 Å². The highest BCUT2D eigenvalue weighted by atomic mass is 16.2. The number of carbonyl (C=O) groups excluding carboxylic acids is 1. The first-order chi connectivity index (χ1) is 12.0. The molecule has 0 saturated carbocycles. The maximum atomic E-state index is 12.0. The first-order valence-electron chi connectivity index (χ1n) is 7.77. The molecule has 2 heterocycles. The van der Waals surface area contributed by atoms with Gasteiger partial charge < -0.3 is 5.73 Å². The number of nitrogens with zero attached hydrogens (tertiary/aromatic N) is 4. The van der Waals surface area contributed by atoms with Crippen LogP contribution in [0.25, 0.3) is 5.82 Å². The van der Waals surface area contributed by atoms with Gasteiger partial charge in [-0.2, -0.15) is 5.10 Å².